The van der Waals surface area contributed by atoms with Crippen molar-refractivity contribution in [3.63, 3.8) is 0 Å². The molecule has 70 valence electrons. The van der Waals surface area contributed by atoms with E-state index in [0.717, 1.165) is 0 Å². The molecule has 0 amide bonds. The van der Waals surface area contributed by atoms with Crippen LogP contribution >= 0.6 is 0 Å². The summed E-state index contributed by atoms with van der Waals surface area (Å²) >= 11 is 0. The number of hydrogen-bond acceptors (Lipinski definition) is 2. The smallest absolute Gasteiger partial charge is 0.0744 e. The monoisotopic (exact) mass is 177 g/mol. The van der Waals surface area contributed by atoms with Gasteiger partial charge in [0, 0.05) is 0 Å². The molecule has 2 nitrogen and oxygen atoms in total. The first-order chi connectivity index (χ1) is 6.18. The van der Waals surface area contributed by atoms with E-state index in [1.54, 1.807) is 0 Å². The lowest BCUT2D eigenvalue weighted by molar-refractivity contribution is 0.0213. The van der Waals surface area contributed by atoms with Gasteiger partial charge >= 0.3 is 0 Å². The molecule has 1 heterocycles. The first kappa shape index (κ1) is 8.73. The maximum Gasteiger partial charge on any atom is 0.0744 e. The largest absolute Gasteiger partial charge is 0.372 e. The van der Waals surface area contributed by atoms with Crippen molar-refractivity contribution >= 4 is 0 Å². The highest BCUT2D eigenvalue weighted by Crippen LogP contribution is 2.27. The molecular formula is C11H15NO. The highest BCUT2D eigenvalue weighted by atomic mass is 16.5. The highest BCUT2D eigenvalue weighted by Gasteiger charge is 2.23. The van der Waals surface area contributed by atoms with Crippen molar-refractivity contribution in [3.8, 4) is 0 Å². The van der Waals surface area contributed by atoms with E-state index in [4.69, 9.17) is 10.5 Å². The van der Waals surface area contributed by atoms with Crippen molar-refractivity contribution in [1.29, 1.82) is 0 Å². The van der Waals surface area contributed by atoms with Gasteiger partial charge in [-0.25, -0.2) is 0 Å². The van der Waals surface area contributed by atoms with Crippen LogP contribution in [0.4, 0.5) is 0 Å². The Morgan fingerprint density at radius 3 is 3.00 bits per heavy atom. The molecule has 2 heteroatoms. The molecule has 1 aromatic carbocycles. The number of rotatable bonds is 0. The highest BCUT2D eigenvalue weighted by molar-refractivity contribution is 5.35. The quantitative estimate of drug-likeness (QED) is 0.657. The van der Waals surface area contributed by atoms with E-state index in [1.165, 1.54) is 16.7 Å². The summed E-state index contributed by atoms with van der Waals surface area (Å²) in [6, 6.07) is 6.41. The van der Waals surface area contributed by atoms with Crippen LogP contribution in [0.2, 0.25) is 0 Å². The molecule has 0 aliphatic carbocycles. The van der Waals surface area contributed by atoms with Gasteiger partial charge < -0.3 is 10.5 Å². The number of nitrogens with two attached hydrogens (primary N) is 1. The number of hydrogen-bond donors (Lipinski definition) is 1. The molecule has 0 saturated carbocycles. The Bertz CT molecular complexity index is 322. The third-order valence-corrected chi connectivity index (χ3v) is 2.67. The van der Waals surface area contributed by atoms with Crippen molar-refractivity contribution < 1.29 is 4.74 Å². The van der Waals surface area contributed by atoms with E-state index in [1.807, 2.05) is 6.92 Å². The minimum atomic E-state index is 0.0312. The van der Waals surface area contributed by atoms with Crippen molar-refractivity contribution in [2.75, 3.05) is 0 Å². The summed E-state index contributed by atoms with van der Waals surface area (Å²) in [6.45, 7) is 4.81. The maximum absolute atomic E-state index is 6.03. The molecule has 0 radical (unpaired) electrons. The SMILES string of the molecule is Cc1ccc2c(c1)C(N)[C@H](C)OC2. The standard InChI is InChI=1S/C11H15NO/c1-7-3-4-9-6-13-8(2)11(12)10(9)5-7/h3-5,8,11H,6,12H2,1-2H3/t8-,11?/m0/s1. The summed E-state index contributed by atoms with van der Waals surface area (Å²) in [7, 11) is 0. The van der Waals surface area contributed by atoms with E-state index in [0.29, 0.717) is 6.61 Å². The third kappa shape index (κ3) is 1.47. The fourth-order valence-electron chi connectivity index (χ4n) is 1.73. The van der Waals surface area contributed by atoms with Gasteiger partial charge in [-0.3, -0.25) is 0 Å². The Morgan fingerprint density at radius 1 is 1.46 bits per heavy atom. The average molecular weight is 177 g/mol. The second-order valence-electron chi connectivity index (χ2n) is 3.74. The normalized spacial score (nSPS) is 27.0. The summed E-state index contributed by atoms with van der Waals surface area (Å²) in [4.78, 5) is 0. The Morgan fingerprint density at radius 2 is 2.23 bits per heavy atom. The van der Waals surface area contributed by atoms with Crippen LogP contribution in [0.15, 0.2) is 18.2 Å². The van der Waals surface area contributed by atoms with E-state index in [-0.39, 0.29) is 12.1 Å². The molecule has 1 aliphatic rings. The van der Waals surface area contributed by atoms with E-state index >= 15 is 0 Å². The lowest BCUT2D eigenvalue weighted by atomic mass is 9.94. The van der Waals surface area contributed by atoms with Gasteiger partial charge in [-0.15, -0.1) is 0 Å². The van der Waals surface area contributed by atoms with Crippen LogP contribution in [0, 0.1) is 6.92 Å². The summed E-state index contributed by atoms with van der Waals surface area (Å²) in [5.74, 6) is 0. The first-order valence-corrected chi connectivity index (χ1v) is 4.65. The van der Waals surface area contributed by atoms with Crippen molar-refractivity contribution in [1.82, 2.24) is 0 Å². The number of ether oxygens (including phenoxy) is 1. The van der Waals surface area contributed by atoms with Gasteiger partial charge in [0.15, 0.2) is 0 Å². The molecule has 2 atom stereocenters. The van der Waals surface area contributed by atoms with Crippen LogP contribution in [0.3, 0.4) is 0 Å². The van der Waals surface area contributed by atoms with Crippen molar-refractivity contribution in [3.05, 3.63) is 34.9 Å². The zero-order valence-corrected chi connectivity index (χ0v) is 8.08. The summed E-state index contributed by atoms with van der Waals surface area (Å²) in [6.07, 6.45) is 0.134. The molecule has 0 bridgehead atoms. The van der Waals surface area contributed by atoms with Crippen LogP contribution in [-0.4, -0.2) is 6.10 Å². The molecule has 1 aromatic rings. The van der Waals surface area contributed by atoms with Gasteiger partial charge in [-0.2, -0.15) is 0 Å². The molecule has 2 N–H and O–H groups in total. The van der Waals surface area contributed by atoms with E-state index < -0.39 is 0 Å². The summed E-state index contributed by atoms with van der Waals surface area (Å²) in [5.41, 5.74) is 9.78. The Hall–Kier alpha value is -0.860. The van der Waals surface area contributed by atoms with Gasteiger partial charge in [-0.05, 0) is 25.0 Å². The predicted octanol–water partition coefficient (Wildman–Crippen LogP) is 1.91. The lowest BCUT2D eigenvalue weighted by Crippen LogP contribution is -2.31. The van der Waals surface area contributed by atoms with Gasteiger partial charge in [0.2, 0.25) is 0 Å². The minimum Gasteiger partial charge on any atom is -0.372 e. The molecule has 0 aromatic heterocycles. The molecule has 2 rings (SSSR count). The van der Waals surface area contributed by atoms with Crippen LogP contribution in [-0.2, 0) is 11.3 Å². The van der Waals surface area contributed by atoms with E-state index in [2.05, 4.69) is 25.1 Å². The molecule has 0 spiro atoms. The Balaban J connectivity index is 2.45. The van der Waals surface area contributed by atoms with Crippen LogP contribution in [0.1, 0.15) is 29.7 Å². The summed E-state index contributed by atoms with van der Waals surface area (Å²) < 4.78 is 5.53. The first-order valence-electron chi connectivity index (χ1n) is 4.65. The van der Waals surface area contributed by atoms with Crippen LogP contribution in [0.25, 0.3) is 0 Å². The fraction of sp³-hybridized carbons (Fsp3) is 0.455. The van der Waals surface area contributed by atoms with E-state index in [9.17, 15) is 0 Å². The summed E-state index contributed by atoms with van der Waals surface area (Å²) in [5, 5.41) is 0. The molecule has 0 fully saturated rings. The average Bonchev–Trinajstić information content (AvgIpc) is 2.12. The number of benzene rings is 1. The number of aryl methyl sites for hydroxylation is 1. The Labute approximate surface area is 78.7 Å². The molecule has 1 unspecified atom stereocenters. The third-order valence-electron chi connectivity index (χ3n) is 2.67. The molecule has 13 heavy (non-hydrogen) atoms. The van der Waals surface area contributed by atoms with Gasteiger partial charge in [0.25, 0.3) is 0 Å². The van der Waals surface area contributed by atoms with Gasteiger partial charge in [-0.1, -0.05) is 23.8 Å². The predicted molar refractivity (Wildman–Crippen MR) is 52.4 cm³/mol. The lowest BCUT2D eigenvalue weighted by Gasteiger charge is -2.29. The maximum atomic E-state index is 6.03. The van der Waals surface area contributed by atoms with Crippen LogP contribution < -0.4 is 5.73 Å². The van der Waals surface area contributed by atoms with Crippen molar-refractivity contribution in [2.24, 2.45) is 5.73 Å². The Kier molecular flexibility index (Phi) is 2.10. The molecule has 0 saturated heterocycles. The zero-order chi connectivity index (χ0) is 9.42. The topological polar surface area (TPSA) is 35.2 Å². The zero-order valence-electron chi connectivity index (χ0n) is 8.08. The van der Waals surface area contributed by atoms with Crippen molar-refractivity contribution in [2.45, 2.75) is 32.6 Å². The second kappa shape index (κ2) is 3.13. The fourth-order valence-corrected chi connectivity index (χ4v) is 1.73. The number of fused-ring (bicyclic) bond motifs is 1. The second-order valence-corrected chi connectivity index (χ2v) is 3.74. The van der Waals surface area contributed by atoms with Gasteiger partial charge in [0.1, 0.15) is 0 Å². The molecule has 1 aliphatic heterocycles. The minimum absolute atomic E-state index is 0.0312. The van der Waals surface area contributed by atoms with Gasteiger partial charge in [0.05, 0.1) is 18.8 Å². The van der Waals surface area contributed by atoms with Crippen LogP contribution in [0.5, 0.6) is 0 Å². The molecular weight excluding hydrogens is 162 g/mol.